The van der Waals surface area contributed by atoms with Crippen LogP contribution >= 0.6 is 0 Å². The minimum atomic E-state index is 0.640. The third-order valence-corrected chi connectivity index (χ3v) is 3.62. The maximum atomic E-state index is 3.53. The number of benzene rings is 1. The van der Waals surface area contributed by atoms with E-state index in [1.807, 2.05) is 0 Å². The van der Waals surface area contributed by atoms with Crippen LogP contribution in [-0.2, 0) is 0 Å². The van der Waals surface area contributed by atoms with Crippen molar-refractivity contribution < 1.29 is 0 Å². The lowest BCUT2D eigenvalue weighted by atomic mass is 9.92. The quantitative estimate of drug-likeness (QED) is 0.797. The van der Waals surface area contributed by atoms with Crippen molar-refractivity contribution in [1.82, 2.24) is 5.32 Å². The Kier molecular flexibility index (Phi) is 4.00. The average Bonchev–Trinajstić information content (AvgIpc) is 2.57. The molecule has 1 aliphatic heterocycles. The maximum absolute atomic E-state index is 3.53. The lowest BCUT2D eigenvalue weighted by molar-refractivity contribution is 0.610. The fourth-order valence-electron chi connectivity index (χ4n) is 2.46. The molecule has 0 saturated carbocycles. The van der Waals surface area contributed by atoms with Crippen molar-refractivity contribution in [3.63, 3.8) is 0 Å². The van der Waals surface area contributed by atoms with Gasteiger partial charge in [0.2, 0.25) is 0 Å². The van der Waals surface area contributed by atoms with E-state index in [2.05, 4.69) is 43.4 Å². The topological polar surface area (TPSA) is 12.0 Å². The molecule has 2 rings (SSSR count). The summed E-state index contributed by atoms with van der Waals surface area (Å²) in [6.07, 6.45) is 4.04. The van der Waals surface area contributed by atoms with Gasteiger partial charge in [-0.3, -0.25) is 0 Å². The molecule has 0 radical (unpaired) electrons. The molecule has 1 atom stereocenters. The highest BCUT2D eigenvalue weighted by Gasteiger charge is 2.13. The van der Waals surface area contributed by atoms with E-state index in [0.29, 0.717) is 5.92 Å². The first-order valence-corrected chi connectivity index (χ1v) is 6.58. The first-order valence-electron chi connectivity index (χ1n) is 6.58. The summed E-state index contributed by atoms with van der Waals surface area (Å²) in [6, 6.07) is 9.25. The molecular weight excluding hydrogens is 194 g/mol. The molecule has 0 bridgehead atoms. The van der Waals surface area contributed by atoms with Gasteiger partial charge in [0, 0.05) is 6.54 Å². The molecule has 1 aromatic carbocycles. The first-order chi connectivity index (χ1) is 7.77. The van der Waals surface area contributed by atoms with Crippen LogP contribution in [0.2, 0.25) is 0 Å². The monoisotopic (exact) mass is 217 g/mol. The van der Waals surface area contributed by atoms with Gasteiger partial charge >= 0.3 is 0 Å². The van der Waals surface area contributed by atoms with Gasteiger partial charge in [-0.25, -0.2) is 0 Å². The van der Waals surface area contributed by atoms with Crippen LogP contribution in [0.15, 0.2) is 24.3 Å². The Hall–Kier alpha value is -0.820. The number of hydrogen-bond donors (Lipinski definition) is 1. The average molecular weight is 217 g/mol. The zero-order valence-corrected chi connectivity index (χ0v) is 10.5. The van der Waals surface area contributed by atoms with Crippen LogP contribution in [0.5, 0.6) is 0 Å². The van der Waals surface area contributed by atoms with E-state index >= 15 is 0 Å². The Bertz CT molecular complexity index is 305. The molecule has 88 valence electrons. The van der Waals surface area contributed by atoms with Crippen molar-refractivity contribution >= 4 is 0 Å². The number of nitrogens with one attached hydrogen (secondary N) is 1. The van der Waals surface area contributed by atoms with Gasteiger partial charge < -0.3 is 5.32 Å². The highest BCUT2D eigenvalue weighted by Crippen LogP contribution is 2.25. The van der Waals surface area contributed by atoms with Crippen LogP contribution in [-0.4, -0.2) is 13.1 Å². The molecule has 16 heavy (non-hydrogen) atoms. The summed E-state index contributed by atoms with van der Waals surface area (Å²) in [4.78, 5) is 0. The summed E-state index contributed by atoms with van der Waals surface area (Å²) in [5.41, 5.74) is 2.96. The second-order valence-corrected chi connectivity index (χ2v) is 5.22. The van der Waals surface area contributed by atoms with Crippen LogP contribution in [0.3, 0.4) is 0 Å². The second-order valence-electron chi connectivity index (χ2n) is 5.22. The summed E-state index contributed by atoms with van der Waals surface area (Å²) in [5, 5.41) is 3.53. The fourth-order valence-corrected chi connectivity index (χ4v) is 2.46. The predicted molar refractivity (Wildman–Crippen MR) is 70.0 cm³/mol. The van der Waals surface area contributed by atoms with Crippen LogP contribution in [0.25, 0.3) is 0 Å². The minimum absolute atomic E-state index is 0.640. The van der Waals surface area contributed by atoms with Crippen molar-refractivity contribution in [2.75, 3.05) is 13.1 Å². The molecule has 1 fully saturated rings. The molecule has 1 nitrogen and oxygen atoms in total. The van der Waals surface area contributed by atoms with Crippen molar-refractivity contribution in [2.45, 2.75) is 44.9 Å². The summed E-state index contributed by atoms with van der Waals surface area (Å²) >= 11 is 0. The summed E-state index contributed by atoms with van der Waals surface area (Å²) in [5.74, 6) is 1.37. The molecule has 1 heterocycles. The second kappa shape index (κ2) is 5.49. The largest absolute Gasteiger partial charge is 0.316 e. The number of hydrogen-bond acceptors (Lipinski definition) is 1. The van der Waals surface area contributed by atoms with Gasteiger partial charge in [0.25, 0.3) is 0 Å². The van der Waals surface area contributed by atoms with Crippen LogP contribution in [0, 0.1) is 0 Å². The molecule has 0 spiro atoms. The Morgan fingerprint density at radius 2 is 1.88 bits per heavy atom. The Morgan fingerprint density at radius 1 is 1.12 bits per heavy atom. The van der Waals surface area contributed by atoms with Gasteiger partial charge in [0.1, 0.15) is 0 Å². The highest BCUT2D eigenvalue weighted by molar-refractivity contribution is 5.27. The zero-order valence-electron chi connectivity index (χ0n) is 10.5. The smallest absolute Gasteiger partial charge is 0.00201 e. The Balaban J connectivity index is 2.07. The molecule has 0 aliphatic carbocycles. The van der Waals surface area contributed by atoms with Crippen LogP contribution in [0.1, 0.15) is 56.1 Å². The molecule has 1 aliphatic rings. The SMILES string of the molecule is CC(C)c1ccc(C2CCCCNC2)cc1. The molecule has 1 unspecified atom stereocenters. The minimum Gasteiger partial charge on any atom is -0.316 e. The zero-order chi connectivity index (χ0) is 11.4. The van der Waals surface area contributed by atoms with E-state index in [9.17, 15) is 0 Å². The van der Waals surface area contributed by atoms with E-state index in [0.717, 1.165) is 12.5 Å². The maximum Gasteiger partial charge on any atom is 0.00201 e. The van der Waals surface area contributed by atoms with Crippen LogP contribution < -0.4 is 5.32 Å². The van der Waals surface area contributed by atoms with E-state index in [1.165, 1.54) is 36.9 Å². The fraction of sp³-hybridized carbons (Fsp3) is 0.600. The molecule has 0 amide bonds. The molecule has 1 N–H and O–H groups in total. The first kappa shape index (κ1) is 11.7. The summed E-state index contributed by atoms with van der Waals surface area (Å²) in [7, 11) is 0. The number of rotatable bonds is 2. The van der Waals surface area contributed by atoms with Gasteiger partial charge in [-0.05, 0) is 42.3 Å². The van der Waals surface area contributed by atoms with E-state index in [4.69, 9.17) is 0 Å². The van der Waals surface area contributed by atoms with Crippen molar-refractivity contribution in [2.24, 2.45) is 0 Å². The van der Waals surface area contributed by atoms with Gasteiger partial charge in [0.05, 0.1) is 0 Å². The Labute approximate surface area is 99.3 Å². The normalized spacial score (nSPS) is 22.1. The molecule has 1 aromatic rings. The lowest BCUT2D eigenvalue weighted by Crippen LogP contribution is -2.19. The summed E-state index contributed by atoms with van der Waals surface area (Å²) < 4.78 is 0. The van der Waals surface area contributed by atoms with E-state index < -0.39 is 0 Å². The van der Waals surface area contributed by atoms with E-state index in [-0.39, 0.29) is 0 Å². The van der Waals surface area contributed by atoms with Gasteiger partial charge in [-0.15, -0.1) is 0 Å². The highest BCUT2D eigenvalue weighted by atomic mass is 14.9. The Morgan fingerprint density at radius 3 is 2.56 bits per heavy atom. The third kappa shape index (κ3) is 2.85. The van der Waals surface area contributed by atoms with Gasteiger partial charge in [0.15, 0.2) is 0 Å². The molecular formula is C15H23N. The molecule has 1 heteroatoms. The lowest BCUT2D eigenvalue weighted by Gasteiger charge is -2.15. The molecule has 1 saturated heterocycles. The standard InChI is InChI=1S/C15H23N/c1-12(2)13-6-8-14(9-7-13)15-5-3-4-10-16-11-15/h6-9,12,15-16H,3-5,10-11H2,1-2H3. The van der Waals surface area contributed by atoms with Crippen molar-refractivity contribution in [1.29, 1.82) is 0 Å². The van der Waals surface area contributed by atoms with Gasteiger partial charge in [-0.2, -0.15) is 0 Å². The third-order valence-electron chi connectivity index (χ3n) is 3.62. The summed E-state index contributed by atoms with van der Waals surface area (Å²) in [6.45, 7) is 6.85. The molecule has 0 aromatic heterocycles. The van der Waals surface area contributed by atoms with Crippen molar-refractivity contribution in [3.05, 3.63) is 35.4 Å². The van der Waals surface area contributed by atoms with Crippen molar-refractivity contribution in [3.8, 4) is 0 Å². The van der Waals surface area contributed by atoms with Crippen LogP contribution in [0.4, 0.5) is 0 Å². The van der Waals surface area contributed by atoms with Gasteiger partial charge in [-0.1, -0.05) is 44.5 Å². The van der Waals surface area contributed by atoms with E-state index in [1.54, 1.807) is 0 Å². The predicted octanol–water partition coefficient (Wildman–Crippen LogP) is 3.67.